The van der Waals surface area contributed by atoms with Crippen LogP contribution in [0.3, 0.4) is 0 Å². The van der Waals surface area contributed by atoms with Crippen LogP contribution in [0.1, 0.15) is 48.2 Å². The van der Waals surface area contributed by atoms with Crippen LogP contribution in [-0.4, -0.2) is 53.3 Å². The minimum atomic E-state index is -0.510. The Hall–Kier alpha value is -2.83. The number of H-pyrrole nitrogens is 1. The fraction of sp³-hybridized carbons (Fsp3) is 0.500. The molecule has 1 N–H and O–H groups in total. The first-order valence-corrected chi connectivity index (χ1v) is 10.3. The van der Waals surface area contributed by atoms with Crippen molar-refractivity contribution >= 4 is 11.9 Å². The van der Waals surface area contributed by atoms with Gasteiger partial charge in [0.2, 0.25) is 0 Å². The van der Waals surface area contributed by atoms with E-state index in [1.807, 2.05) is 18.2 Å². The lowest BCUT2D eigenvalue weighted by atomic mass is 9.74. The Morgan fingerprint density at radius 1 is 1.03 bits per heavy atom. The molecule has 0 unspecified atom stereocenters. The van der Waals surface area contributed by atoms with Crippen LogP contribution in [0.5, 0.6) is 5.75 Å². The van der Waals surface area contributed by atoms with E-state index in [9.17, 15) is 9.59 Å². The Bertz CT molecular complexity index is 842. The van der Waals surface area contributed by atoms with E-state index in [4.69, 9.17) is 9.47 Å². The SMILES string of the molecule is O=C(c1ccn[nH]1)N1CCC2(CCCCc3ccccc3OCCOC2=O)CC1. The van der Waals surface area contributed by atoms with Crippen molar-refractivity contribution in [1.82, 2.24) is 15.1 Å². The minimum Gasteiger partial charge on any atom is -0.490 e. The first kappa shape index (κ1) is 19.5. The van der Waals surface area contributed by atoms with E-state index in [0.717, 1.165) is 31.4 Å². The number of ether oxygens (including phenoxy) is 2. The fourth-order valence-electron chi connectivity index (χ4n) is 4.31. The summed E-state index contributed by atoms with van der Waals surface area (Å²) in [5.41, 5.74) is 1.18. The number of cyclic esters (lactones) is 1. The summed E-state index contributed by atoms with van der Waals surface area (Å²) in [5, 5.41) is 6.57. The van der Waals surface area contributed by atoms with E-state index < -0.39 is 5.41 Å². The van der Waals surface area contributed by atoms with Crippen LogP contribution < -0.4 is 4.74 Å². The molecule has 1 amide bonds. The topological polar surface area (TPSA) is 84.5 Å². The zero-order valence-electron chi connectivity index (χ0n) is 16.6. The average molecular weight is 397 g/mol. The van der Waals surface area contributed by atoms with Crippen molar-refractivity contribution in [3.63, 3.8) is 0 Å². The Labute approximate surface area is 170 Å². The van der Waals surface area contributed by atoms with Gasteiger partial charge in [0.15, 0.2) is 0 Å². The highest BCUT2D eigenvalue weighted by Crippen LogP contribution is 2.39. The van der Waals surface area contributed by atoms with Crippen molar-refractivity contribution in [3.05, 3.63) is 47.8 Å². The number of aromatic amines is 1. The van der Waals surface area contributed by atoms with Gasteiger partial charge < -0.3 is 14.4 Å². The average Bonchev–Trinajstić information content (AvgIpc) is 3.29. The van der Waals surface area contributed by atoms with E-state index in [1.165, 1.54) is 5.56 Å². The number of amides is 1. The number of likely N-dealkylation sites (tertiary alicyclic amines) is 1. The summed E-state index contributed by atoms with van der Waals surface area (Å²) in [5.74, 6) is 0.664. The number of aromatic nitrogens is 2. The monoisotopic (exact) mass is 397 g/mol. The molecule has 1 fully saturated rings. The van der Waals surface area contributed by atoms with Gasteiger partial charge in [-0.3, -0.25) is 14.7 Å². The number of rotatable bonds is 1. The van der Waals surface area contributed by atoms with Crippen LogP contribution >= 0.6 is 0 Å². The lowest BCUT2D eigenvalue weighted by molar-refractivity contribution is -0.160. The van der Waals surface area contributed by atoms with Crippen molar-refractivity contribution in [1.29, 1.82) is 0 Å². The standard InChI is InChI=1S/C22H27N3O4/c26-20(18-8-12-23-24-18)25-13-10-22(11-14-25)9-4-3-6-17-5-1-2-7-19(17)28-15-16-29-21(22)27/h1-2,5,7-8,12H,3-4,6,9-11,13-16H2,(H,23,24). The molecule has 7 nitrogen and oxygen atoms in total. The summed E-state index contributed by atoms with van der Waals surface area (Å²) >= 11 is 0. The van der Waals surface area contributed by atoms with E-state index in [2.05, 4.69) is 16.3 Å². The number of para-hydroxylation sites is 1. The number of carbonyl (C=O) groups is 2. The summed E-state index contributed by atoms with van der Waals surface area (Å²) in [6.45, 7) is 1.69. The fourth-order valence-corrected chi connectivity index (χ4v) is 4.31. The van der Waals surface area contributed by atoms with Crippen molar-refractivity contribution in [2.45, 2.75) is 38.5 Å². The quantitative estimate of drug-likeness (QED) is 0.748. The van der Waals surface area contributed by atoms with Gasteiger partial charge in [0.25, 0.3) is 5.91 Å². The molecule has 0 radical (unpaired) electrons. The van der Waals surface area contributed by atoms with Crippen LogP contribution in [0.2, 0.25) is 0 Å². The Kier molecular flexibility index (Phi) is 5.83. The molecule has 0 saturated carbocycles. The van der Waals surface area contributed by atoms with Gasteiger partial charge in [0.05, 0.1) is 5.41 Å². The van der Waals surface area contributed by atoms with E-state index >= 15 is 0 Å². The molecule has 7 heteroatoms. The summed E-state index contributed by atoms with van der Waals surface area (Å²) < 4.78 is 11.4. The van der Waals surface area contributed by atoms with Crippen molar-refractivity contribution in [2.75, 3.05) is 26.3 Å². The van der Waals surface area contributed by atoms with Gasteiger partial charge in [-0.15, -0.1) is 0 Å². The zero-order valence-corrected chi connectivity index (χ0v) is 16.6. The maximum absolute atomic E-state index is 13.0. The molecule has 0 bridgehead atoms. The number of nitrogens with one attached hydrogen (secondary N) is 1. The van der Waals surface area contributed by atoms with Crippen molar-refractivity contribution in [3.8, 4) is 5.75 Å². The Morgan fingerprint density at radius 2 is 1.83 bits per heavy atom. The molecule has 4 rings (SSSR count). The number of hydrogen-bond donors (Lipinski definition) is 1. The lowest BCUT2D eigenvalue weighted by Crippen LogP contribution is -2.47. The van der Waals surface area contributed by atoms with Crippen LogP contribution in [0.25, 0.3) is 0 Å². The molecule has 1 aromatic carbocycles. The molecule has 2 aliphatic heterocycles. The van der Waals surface area contributed by atoms with Gasteiger partial charge in [0, 0.05) is 19.3 Å². The van der Waals surface area contributed by atoms with Crippen LogP contribution in [0, 0.1) is 5.41 Å². The summed E-state index contributed by atoms with van der Waals surface area (Å²) in [4.78, 5) is 27.3. The molecule has 1 aromatic heterocycles. The minimum absolute atomic E-state index is 0.0659. The zero-order chi connectivity index (χ0) is 20.1. The normalized spacial score (nSPS) is 20.0. The predicted octanol–water partition coefficient (Wildman–Crippen LogP) is 2.98. The van der Waals surface area contributed by atoms with Crippen molar-refractivity contribution in [2.24, 2.45) is 5.41 Å². The molecule has 154 valence electrons. The number of aryl methyl sites for hydroxylation is 1. The Balaban J connectivity index is 1.42. The van der Waals surface area contributed by atoms with Gasteiger partial charge in [0.1, 0.15) is 24.7 Å². The molecule has 0 atom stereocenters. The third kappa shape index (κ3) is 4.28. The molecular weight excluding hydrogens is 370 g/mol. The van der Waals surface area contributed by atoms with E-state index in [0.29, 0.717) is 38.2 Å². The third-order valence-corrected chi connectivity index (χ3v) is 6.07. The molecule has 0 aliphatic carbocycles. The Morgan fingerprint density at radius 3 is 2.62 bits per heavy atom. The van der Waals surface area contributed by atoms with Crippen LogP contribution in [-0.2, 0) is 16.0 Å². The summed E-state index contributed by atoms with van der Waals surface area (Å²) in [6, 6.07) is 9.74. The largest absolute Gasteiger partial charge is 0.490 e. The van der Waals surface area contributed by atoms with Gasteiger partial charge in [-0.1, -0.05) is 24.6 Å². The number of benzene rings is 1. The van der Waals surface area contributed by atoms with Gasteiger partial charge in [-0.05, 0) is 49.8 Å². The summed E-state index contributed by atoms with van der Waals surface area (Å²) in [6.07, 6.45) is 6.49. The number of nitrogens with zero attached hydrogens (tertiary/aromatic N) is 2. The maximum atomic E-state index is 13.0. The van der Waals surface area contributed by atoms with Crippen molar-refractivity contribution < 1.29 is 19.1 Å². The second kappa shape index (κ2) is 8.68. The predicted molar refractivity (Wildman–Crippen MR) is 107 cm³/mol. The molecule has 1 saturated heterocycles. The maximum Gasteiger partial charge on any atom is 0.312 e. The first-order valence-electron chi connectivity index (χ1n) is 10.3. The molecule has 2 aliphatic rings. The highest BCUT2D eigenvalue weighted by molar-refractivity contribution is 5.92. The van der Waals surface area contributed by atoms with Gasteiger partial charge >= 0.3 is 5.97 Å². The van der Waals surface area contributed by atoms with Crippen LogP contribution in [0.15, 0.2) is 36.5 Å². The number of fused-ring (bicyclic) bond motifs is 1. The first-order chi connectivity index (χ1) is 14.2. The number of hydrogen-bond acceptors (Lipinski definition) is 5. The number of esters is 1. The molecule has 3 heterocycles. The van der Waals surface area contributed by atoms with Gasteiger partial charge in [-0.25, -0.2) is 0 Å². The van der Waals surface area contributed by atoms with Gasteiger partial charge in [-0.2, -0.15) is 5.10 Å². The highest BCUT2D eigenvalue weighted by atomic mass is 16.6. The summed E-state index contributed by atoms with van der Waals surface area (Å²) in [7, 11) is 0. The second-order valence-electron chi connectivity index (χ2n) is 7.84. The second-order valence-corrected chi connectivity index (χ2v) is 7.84. The molecule has 2 aromatic rings. The highest BCUT2D eigenvalue weighted by Gasteiger charge is 2.43. The van der Waals surface area contributed by atoms with E-state index in [1.54, 1.807) is 17.2 Å². The lowest BCUT2D eigenvalue weighted by Gasteiger charge is -2.40. The molecule has 29 heavy (non-hydrogen) atoms. The van der Waals surface area contributed by atoms with E-state index in [-0.39, 0.29) is 18.5 Å². The smallest absolute Gasteiger partial charge is 0.312 e. The van der Waals surface area contributed by atoms with Crippen LogP contribution in [0.4, 0.5) is 0 Å². The number of piperidine rings is 1. The number of carbonyl (C=O) groups excluding carboxylic acids is 2. The molecular formula is C22H27N3O4. The third-order valence-electron chi connectivity index (χ3n) is 6.07. The molecule has 1 spiro atoms.